The highest BCUT2D eigenvalue weighted by Crippen LogP contribution is 2.36. The molecule has 0 aliphatic carbocycles. The van der Waals surface area contributed by atoms with Gasteiger partial charge < -0.3 is 29.2 Å². The summed E-state index contributed by atoms with van der Waals surface area (Å²) in [5, 5.41) is 19.1. The van der Waals surface area contributed by atoms with E-state index in [0.29, 0.717) is 12.4 Å². The lowest BCUT2D eigenvalue weighted by atomic mass is 9.84. The van der Waals surface area contributed by atoms with Crippen LogP contribution in [0.1, 0.15) is 11.1 Å². The molecule has 2 aromatic rings. The number of aliphatic hydroxyl groups is 2. The molecule has 0 radical (unpaired) electrons. The first-order valence-corrected chi connectivity index (χ1v) is 8.74. The molecule has 1 saturated heterocycles. The molecule has 26 heavy (non-hydrogen) atoms. The molecule has 4 rings (SSSR count). The van der Waals surface area contributed by atoms with Gasteiger partial charge in [0, 0.05) is 5.92 Å². The average Bonchev–Trinajstić information content (AvgIpc) is 3.25. The summed E-state index contributed by atoms with van der Waals surface area (Å²) in [5.41, 5.74) is 2.24. The van der Waals surface area contributed by atoms with E-state index in [0.717, 1.165) is 35.5 Å². The van der Waals surface area contributed by atoms with Crippen LogP contribution in [0.25, 0.3) is 0 Å². The van der Waals surface area contributed by atoms with Crippen LogP contribution >= 0.6 is 0 Å². The predicted octanol–water partition coefficient (Wildman–Crippen LogP) is 2.11. The zero-order valence-corrected chi connectivity index (χ0v) is 14.3. The van der Waals surface area contributed by atoms with E-state index in [9.17, 15) is 5.11 Å². The van der Waals surface area contributed by atoms with E-state index >= 15 is 0 Å². The van der Waals surface area contributed by atoms with Crippen LogP contribution in [0.5, 0.6) is 17.2 Å². The van der Waals surface area contributed by atoms with Gasteiger partial charge >= 0.3 is 0 Å². The summed E-state index contributed by atoms with van der Waals surface area (Å²) in [5.74, 6) is 2.41. The van der Waals surface area contributed by atoms with Crippen molar-refractivity contribution in [2.24, 2.45) is 11.8 Å². The first-order valence-electron chi connectivity index (χ1n) is 8.74. The molecule has 6 heteroatoms. The van der Waals surface area contributed by atoms with Gasteiger partial charge in [-0.1, -0.05) is 18.2 Å². The quantitative estimate of drug-likeness (QED) is 0.770. The second-order valence-electron chi connectivity index (χ2n) is 6.66. The van der Waals surface area contributed by atoms with Crippen molar-refractivity contribution in [3.63, 3.8) is 0 Å². The molecule has 2 heterocycles. The lowest BCUT2D eigenvalue weighted by Crippen LogP contribution is -2.24. The van der Waals surface area contributed by atoms with E-state index in [1.54, 1.807) is 0 Å². The largest absolute Gasteiger partial charge is 0.468 e. The van der Waals surface area contributed by atoms with Crippen LogP contribution in [0.3, 0.4) is 0 Å². The molecule has 0 aromatic heterocycles. The van der Waals surface area contributed by atoms with Crippen LogP contribution in [-0.4, -0.2) is 36.7 Å². The molecule has 1 fully saturated rings. The monoisotopic (exact) mass is 358 g/mol. The summed E-state index contributed by atoms with van der Waals surface area (Å²) >= 11 is 0. The van der Waals surface area contributed by atoms with Gasteiger partial charge in [0.1, 0.15) is 5.75 Å². The molecule has 0 saturated carbocycles. The minimum atomic E-state index is -0.762. The Morgan fingerprint density at radius 2 is 1.73 bits per heavy atom. The third-order valence-corrected chi connectivity index (χ3v) is 5.01. The maximum Gasteiger partial charge on any atom is 0.231 e. The van der Waals surface area contributed by atoms with Crippen molar-refractivity contribution in [1.29, 1.82) is 0 Å². The molecular weight excluding hydrogens is 336 g/mol. The molecular formula is C20H22O6. The topological polar surface area (TPSA) is 77.4 Å². The Kier molecular flexibility index (Phi) is 4.97. The molecule has 0 amide bonds. The molecule has 0 bridgehead atoms. The van der Waals surface area contributed by atoms with Crippen LogP contribution in [0.4, 0.5) is 0 Å². The van der Waals surface area contributed by atoms with Crippen LogP contribution in [-0.2, 0) is 17.6 Å². The third kappa shape index (κ3) is 3.62. The van der Waals surface area contributed by atoms with Crippen LogP contribution < -0.4 is 14.2 Å². The van der Waals surface area contributed by atoms with Gasteiger partial charge in [-0.05, 0) is 54.2 Å². The molecule has 6 nitrogen and oxygen atoms in total. The van der Waals surface area contributed by atoms with Crippen molar-refractivity contribution in [2.45, 2.75) is 19.1 Å². The molecule has 2 N–H and O–H groups in total. The summed E-state index contributed by atoms with van der Waals surface area (Å²) < 4.78 is 21.4. The highest BCUT2D eigenvalue weighted by molar-refractivity contribution is 5.44. The van der Waals surface area contributed by atoms with E-state index in [2.05, 4.69) is 0 Å². The molecule has 2 aliphatic rings. The molecule has 138 valence electrons. The highest BCUT2D eigenvalue weighted by Gasteiger charge is 2.36. The van der Waals surface area contributed by atoms with Gasteiger partial charge in [0.25, 0.3) is 0 Å². The third-order valence-electron chi connectivity index (χ3n) is 5.01. The molecule has 2 unspecified atom stereocenters. The number of hydrogen-bond acceptors (Lipinski definition) is 6. The summed E-state index contributed by atoms with van der Waals surface area (Å²) in [6.07, 6.45) is 0.766. The number of fused-ring (bicyclic) bond motifs is 1. The minimum Gasteiger partial charge on any atom is -0.468 e. The lowest BCUT2D eigenvalue weighted by molar-refractivity contribution is -0.0820. The predicted molar refractivity (Wildman–Crippen MR) is 93.1 cm³/mol. The van der Waals surface area contributed by atoms with Crippen molar-refractivity contribution in [2.75, 3.05) is 20.2 Å². The number of ether oxygens (including phenoxy) is 4. The molecule has 2 aliphatic heterocycles. The fourth-order valence-electron chi connectivity index (χ4n) is 3.62. The minimum absolute atomic E-state index is 0.0185. The Hall–Kier alpha value is -2.28. The van der Waals surface area contributed by atoms with E-state index < -0.39 is 6.29 Å². The Bertz CT molecular complexity index is 744. The SMILES string of the molecule is OCOc1ccc(CC2C(O)OC[C@@H]2Cc2ccc3c(c2)OCO3)cc1. The van der Waals surface area contributed by atoms with Crippen molar-refractivity contribution in [3.8, 4) is 17.2 Å². The molecule has 0 spiro atoms. The van der Waals surface area contributed by atoms with E-state index in [1.165, 1.54) is 0 Å². The Labute approximate surface area is 151 Å². The van der Waals surface area contributed by atoms with Gasteiger partial charge in [0.15, 0.2) is 24.6 Å². The number of benzene rings is 2. The van der Waals surface area contributed by atoms with Crippen LogP contribution in [0, 0.1) is 11.8 Å². The number of aliphatic hydroxyl groups excluding tert-OH is 2. The molecule has 3 atom stereocenters. The fourth-order valence-corrected chi connectivity index (χ4v) is 3.62. The van der Waals surface area contributed by atoms with E-state index in [4.69, 9.17) is 24.1 Å². The standard InChI is InChI=1S/C20H22O6/c21-11-24-16-4-1-13(2-5-16)8-17-15(10-23-20(17)22)7-14-3-6-18-19(9-14)26-12-25-18/h1-6,9,15,17,20-22H,7-8,10-12H2/t15-,17?,20?/m0/s1. The average molecular weight is 358 g/mol. The summed E-state index contributed by atoms with van der Waals surface area (Å²) in [6, 6.07) is 13.5. The maximum absolute atomic E-state index is 10.3. The Balaban J connectivity index is 1.44. The van der Waals surface area contributed by atoms with Gasteiger partial charge in [-0.15, -0.1) is 0 Å². The van der Waals surface area contributed by atoms with Crippen molar-refractivity contribution < 1.29 is 29.2 Å². The maximum atomic E-state index is 10.3. The van der Waals surface area contributed by atoms with E-state index in [1.807, 2.05) is 42.5 Å². The van der Waals surface area contributed by atoms with Crippen molar-refractivity contribution in [3.05, 3.63) is 53.6 Å². The first-order chi connectivity index (χ1) is 12.7. The second kappa shape index (κ2) is 7.53. The zero-order chi connectivity index (χ0) is 17.9. The van der Waals surface area contributed by atoms with Gasteiger partial charge in [-0.3, -0.25) is 0 Å². The number of hydrogen-bond donors (Lipinski definition) is 2. The summed E-state index contributed by atoms with van der Waals surface area (Å²) in [4.78, 5) is 0. The lowest BCUT2D eigenvalue weighted by Gasteiger charge is -2.20. The Morgan fingerprint density at radius 3 is 2.54 bits per heavy atom. The van der Waals surface area contributed by atoms with Crippen molar-refractivity contribution in [1.82, 2.24) is 0 Å². The van der Waals surface area contributed by atoms with Gasteiger partial charge in [0.2, 0.25) is 6.79 Å². The second-order valence-corrected chi connectivity index (χ2v) is 6.66. The smallest absolute Gasteiger partial charge is 0.231 e. The van der Waals surface area contributed by atoms with Crippen LogP contribution in [0.2, 0.25) is 0 Å². The van der Waals surface area contributed by atoms with Crippen molar-refractivity contribution >= 4 is 0 Å². The molecule has 2 aromatic carbocycles. The van der Waals surface area contributed by atoms with E-state index in [-0.39, 0.29) is 25.4 Å². The van der Waals surface area contributed by atoms with Crippen LogP contribution in [0.15, 0.2) is 42.5 Å². The van der Waals surface area contributed by atoms with Gasteiger partial charge in [-0.2, -0.15) is 0 Å². The normalized spacial score (nSPS) is 24.0. The number of rotatable bonds is 6. The Morgan fingerprint density at radius 1 is 0.962 bits per heavy atom. The fraction of sp³-hybridized carbons (Fsp3) is 0.400. The van der Waals surface area contributed by atoms with Gasteiger partial charge in [-0.25, -0.2) is 0 Å². The highest BCUT2D eigenvalue weighted by atomic mass is 16.7. The zero-order valence-electron chi connectivity index (χ0n) is 14.3. The van der Waals surface area contributed by atoms with Gasteiger partial charge in [0.05, 0.1) is 6.61 Å². The first kappa shape index (κ1) is 17.1. The summed E-state index contributed by atoms with van der Waals surface area (Å²) in [6.45, 7) is 0.459. The summed E-state index contributed by atoms with van der Waals surface area (Å²) in [7, 11) is 0.